The van der Waals surface area contributed by atoms with Crippen molar-refractivity contribution in [3.05, 3.63) is 18.0 Å². The molecule has 1 heterocycles. The van der Waals surface area contributed by atoms with Crippen LogP contribution >= 0.6 is 0 Å². The molecule has 0 radical (unpaired) electrons. The quantitative estimate of drug-likeness (QED) is 0.722. The van der Waals surface area contributed by atoms with E-state index < -0.39 is 0 Å². The fourth-order valence-electron chi connectivity index (χ4n) is 1.21. The van der Waals surface area contributed by atoms with E-state index in [0.717, 1.165) is 18.7 Å². The molecule has 1 aromatic rings. The van der Waals surface area contributed by atoms with Crippen LogP contribution in [0.2, 0.25) is 0 Å². The second-order valence-corrected chi connectivity index (χ2v) is 4.19. The van der Waals surface area contributed by atoms with Crippen molar-refractivity contribution >= 4 is 0 Å². The van der Waals surface area contributed by atoms with Crippen molar-refractivity contribution in [2.75, 3.05) is 13.7 Å². The van der Waals surface area contributed by atoms with E-state index in [9.17, 15) is 0 Å². The number of ether oxygens (including phenoxy) is 1. The summed E-state index contributed by atoms with van der Waals surface area (Å²) in [5, 5.41) is 4.53. The van der Waals surface area contributed by atoms with Crippen molar-refractivity contribution in [3.63, 3.8) is 0 Å². The molecule has 1 aromatic heterocycles. The van der Waals surface area contributed by atoms with Gasteiger partial charge in [0.2, 0.25) is 0 Å². The first-order valence-corrected chi connectivity index (χ1v) is 5.13. The zero-order valence-corrected chi connectivity index (χ0v) is 9.58. The van der Waals surface area contributed by atoms with Crippen LogP contribution in [0.25, 0.3) is 0 Å². The van der Waals surface area contributed by atoms with Crippen LogP contribution < -0.4 is 0 Å². The molecule has 0 amide bonds. The molecule has 0 aliphatic heterocycles. The van der Waals surface area contributed by atoms with Gasteiger partial charge in [0, 0.05) is 18.7 Å². The smallest absolute Gasteiger partial charge is 0.0680 e. The van der Waals surface area contributed by atoms with E-state index in [1.54, 1.807) is 7.11 Å². The number of aromatic nitrogens is 2. The molecule has 0 fully saturated rings. The van der Waals surface area contributed by atoms with Gasteiger partial charge in [-0.25, -0.2) is 0 Å². The summed E-state index contributed by atoms with van der Waals surface area (Å²) in [5.41, 5.74) is 1.34. The van der Waals surface area contributed by atoms with Crippen molar-refractivity contribution in [2.45, 2.75) is 39.2 Å². The highest BCUT2D eigenvalue weighted by Crippen LogP contribution is 2.24. The van der Waals surface area contributed by atoms with Gasteiger partial charge in [-0.2, -0.15) is 5.10 Å². The van der Waals surface area contributed by atoms with Crippen molar-refractivity contribution in [1.82, 2.24) is 9.78 Å². The zero-order valence-electron chi connectivity index (χ0n) is 9.58. The van der Waals surface area contributed by atoms with Gasteiger partial charge in [-0.3, -0.25) is 4.68 Å². The Morgan fingerprint density at radius 2 is 2.21 bits per heavy atom. The molecule has 0 saturated heterocycles. The molecule has 0 spiro atoms. The van der Waals surface area contributed by atoms with E-state index in [2.05, 4.69) is 31.9 Å². The van der Waals surface area contributed by atoms with Crippen molar-refractivity contribution in [3.8, 4) is 0 Å². The Morgan fingerprint density at radius 1 is 1.50 bits per heavy atom. The highest BCUT2D eigenvalue weighted by atomic mass is 16.5. The molecule has 0 aromatic carbocycles. The van der Waals surface area contributed by atoms with Crippen molar-refractivity contribution in [2.24, 2.45) is 0 Å². The molecule has 1 rings (SSSR count). The summed E-state index contributed by atoms with van der Waals surface area (Å²) in [4.78, 5) is 0. The van der Waals surface area contributed by atoms with Crippen molar-refractivity contribution < 1.29 is 4.74 Å². The van der Waals surface area contributed by atoms with E-state index in [0.29, 0.717) is 6.61 Å². The number of rotatable bonds is 5. The maximum atomic E-state index is 5.01. The zero-order chi connectivity index (χ0) is 10.6. The van der Waals surface area contributed by atoms with Gasteiger partial charge in [0.25, 0.3) is 0 Å². The summed E-state index contributed by atoms with van der Waals surface area (Å²) in [6, 6.07) is 2.10. The average molecular weight is 196 g/mol. The summed E-state index contributed by atoms with van der Waals surface area (Å²) in [7, 11) is 1.71. The molecule has 14 heavy (non-hydrogen) atoms. The standard InChI is InChI=1S/C11H20N2O/c1-5-11(2,3)10-6-7-13(12-10)8-9-14-4/h6-7H,5,8-9H2,1-4H3. The SMILES string of the molecule is CCC(C)(C)c1ccn(CCOC)n1. The minimum absolute atomic E-state index is 0.179. The third-order valence-corrected chi connectivity index (χ3v) is 2.74. The van der Waals surface area contributed by atoms with Gasteiger partial charge in [-0.1, -0.05) is 20.8 Å². The molecule has 3 heteroatoms. The first-order chi connectivity index (χ1) is 6.60. The Kier molecular flexibility index (Phi) is 3.69. The molecule has 80 valence electrons. The van der Waals surface area contributed by atoms with Crippen LogP contribution in [0.3, 0.4) is 0 Å². The first-order valence-electron chi connectivity index (χ1n) is 5.13. The summed E-state index contributed by atoms with van der Waals surface area (Å²) in [6.45, 7) is 8.17. The van der Waals surface area contributed by atoms with Gasteiger partial charge in [-0.15, -0.1) is 0 Å². The van der Waals surface area contributed by atoms with Gasteiger partial charge in [0.1, 0.15) is 0 Å². The topological polar surface area (TPSA) is 27.1 Å². The molecular formula is C11H20N2O. The Bertz CT molecular complexity index is 279. The maximum Gasteiger partial charge on any atom is 0.0680 e. The maximum absolute atomic E-state index is 5.01. The van der Waals surface area contributed by atoms with Gasteiger partial charge in [0.15, 0.2) is 0 Å². The van der Waals surface area contributed by atoms with Gasteiger partial charge in [-0.05, 0) is 12.5 Å². The molecule has 0 bridgehead atoms. The summed E-state index contributed by atoms with van der Waals surface area (Å²) >= 11 is 0. The van der Waals surface area contributed by atoms with Gasteiger partial charge >= 0.3 is 0 Å². The lowest BCUT2D eigenvalue weighted by Crippen LogP contribution is -2.17. The monoisotopic (exact) mass is 196 g/mol. The van der Waals surface area contributed by atoms with Gasteiger partial charge in [0.05, 0.1) is 18.8 Å². The highest BCUT2D eigenvalue weighted by molar-refractivity contribution is 5.11. The second kappa shape index (κ2) is 4.60. The van der Waals surface area contributed by atoms with Crippen LogP contribution in [0.5, 0.6) is 0 Å². The summed E-state index contributed by atoms with van der Waals surface area (Å²) < 4.78 is 6.95. The third kappa shape index (κ3) is 2.58. The Morgan fingerprint density at radius 3 is 2.79 bits per heavy atom. The highest BCUT2D eigenvalue weighted by Gasteiger charge is 2.20. The first kappa shape index (κ1) is 11.2. The molecule has 0 N–H and O–H groups in total. The normalized spacial score (nSPS) is 12.0. The van der Waals surface area contributed by atoms with E-state index in [1.165, 1.54) is 0 Å². The molecule has 0 atom stereocenters. The summed E-state index contributed by atoms with van der Waals surface area (Å²) in [5.74, 6) is 0. The Labute approximate surface area is 86.1 Å². The number of hydrogen-bond acceptors (Lipinski definition) is 2. The predicted molar refractivity (Wildman–Crippen MR) is 57.4 cm³/mol. The molecule has 3 nitrogen and oxygen atoms in total. The van der Waals surface area contributed by atoms with E-state index >= 15 is 0 Å². The summed E-state index contributed by atoms with van der Waals surface area (Å²) in [6.07, 6.45) is 3.13. The van der Waals surface area contributed by atoms with Crippen LogP contribution in [0, 0.1) is 0 Å². The van der Waals surface area contributed by atoms with Crippen LogP contribution in [0.15, 0.2) is 12.3 Å². The van der Waals surface area contributed by atoms with E-state index in [4.69, 9.17) is 4.74 Å². The fourth-order valence-corrected chi connectivity index (χ4v) is 1.21. The van der Waals surface area contributed by atoms with Crippen LogP contribution in [-0.4, -0.2) is 23.5 Å². The fraction of sp³-hybridized carbons (Fsp3) is 0.727. The van der Waals surface area contributed by atoms with Gasteiger partial charge < -0.3 is 4.74 Å². The Balaban J connectivity index is 2.67. The molecular weight excluding hydrogens is 176 g/mol. The lowest BCUT2D eigenvalue weighted by Gasteiger charge is -2.19. The van der Waals surface area contributed by atoms with Crippen molar-refractivity contribution in [1.29, 1.82) is 0 Å². The van der Waals surface area contributed by atoms with Crippen LogP contribution in [0.4, 0.5) is 0 Å². The van der Waals surface area contributed by atoms with E-state index in [-0.39, 0.29) is 5.41 Å². The number of nitrogens with zero attached hydrogens (tertiary/aromatic N) is 2. The van der Waals surface area contributed by atoms with E-state index in [1.807, 2.05) is 10.9 Å². The largest absolute Gasteiger partial charge is 0.383 e. The third-order valence-electron chi connectivity index (χ3n) is 2.74. The molecule has 0 unspecified atom stereocenters. The lowest BCUT2D eigenvalue weighted by molar-refractivity contribution is 0.183. The predicted octanol–water partition coefficient (Wildman–Crippen LogP) is 2.22. The second-order valence-electron chi connectivity index (χ2n) is 4.19. The minimum Gasteiger partial charge on any atom is -0.383 e. The van der Waals surface area contributed by atoms with Crippen LogP contribution in [0.1, 0.15) is 32.9 Å². The average Bonchev–Trinajstić information content (AvgIpc) is 2.63. The number of hydrogen-bond donors (Lipinski definition) is 0. The molecule has 0 aliphatic rings. The minimum atomic E-state index is 0.179. The lowest BCUT2D eigenvalue weighted by atomic mass is 9.87. The number of methoxy groups -OCH3 is 1. The molecule has 0 aliphatic carbocycles. The Hall–Kier alpha value is -0.830. The molecule has 0 saturated carbocycles. The van der Waals surface area contributed by atoms with Crippen LogP contribution in [-0.2, 0) is 16.7 Å².